The lowest BCUT2D eigenvalue weighted by Crippen LogP contribution is -1.92. The Labute approximate surface area is 91.2 Å². The Hall–Kier alpha value is -0.340. The lowest BCUT2D eigenvalue weighted by molar-refractivity contribution is -0.107. The average Bonchev–Trinajstić information content (AvgIpc) is 2.15. The molecule has 0 bridgehead atoms. The van der Waals surface area contributed by atoms with E-state index in [1.54, 1.807) is 0 Å². The van der Waals surface area contributed by atoms with Crippen LogP contribution in [0.4, 0.5) is 0 Å². The third-order valence-electron chi connectivity index (χ3n) is 1.84. The second-order valence-electron chi connectivity index (χ2n) is 2.75. The van der Waals surface area contributed by atoms with Crippen molar-refractivity contribution in [1.82, 2.24) is 0 Å². The molecule has 0 saturated heterocycles. The first-order chi connectivity index (χ1) is 6.27. The molecule has 0 radical (unpaired) electrons. The number of rotatable bonds is 4. The third-order valence-corrected chi connectivity index (χ3v) is 2.62. The van der Waals surface area contributed by atoms with Crippen molar-refractivity contribution in [1.29, 1.82) is 0 Å². The van der Waals surface area contributed by atoms with Crippen LogP contribution in [-0.2, 0) is 17.1 Å². The first-order valence-corrected chi connectivity index (χ1v) is 5.37. The summed E-state index contributed by atoms with van der Waals surface area (Å²) in [6, 6.07) is 5.96. The van der Waals surface area contributed by atoms with Crippen molar-refractivity contribution in [2.75, 3.05) is 0 Å². The molecule has 1 aromatic carbocycles. The average molecular weight is 262 g/mol. The van der Waals surface area contributed by atoms with Crippen molar-refractivity contribution in [3.05, 3.63) is 33.8 Å². The molecule has 0 spiro atoms. The summed E-state index contributed by atoms with van der Waals surface area (Å²) in [7, 11) is 0. The number of alkyl halides is 1. The number of aryl methyl sites for hydroxylation is 1. The minimum Gasteiger partial charge on any atom is -0.303 e. The summed E-state index contributed by atoms with van der Waals surface area (Å²) in [5, 5.41) is 0. The van der Waals surface area contributed by atoms with E-state index >= 15 is 0 Å². The zero-order valence-electron chi connectivity index (χ0n) is 7.09. The second kappa shape index (κ2) is 5.40. The van der Waals surface area contributed by atoms with Crippen molar-refractivity contribution in [2.24, 2.45) is 0 Å². The molecule has 13 heavy (non-hydrogen) atoms. The smallest absolute Gasteiger partial charge is 0.120 e. The Morgan fingerprint density at radius 3 is 2.77 bits per heavy atom. The minimum atomic E-state index is 0.501. The summed E-state index contributed by atoms with van der Waals surface area (Å²) in [6.07, 6.45) is 2.25. The Morgan fingerprint density at radius 2 is 2.15 bits per heavy atom. The summed E-state index contributed by atoms with van der Waals surface area (Å²) in [6.45, 7) is 0. The normalized spacial score (nSPS) is 10.0. The van der Waals surface area contributed by atoms with Gasteiger partial charge in [-0.1, -0.05) is 22.0 Å². The van der Waals surface area contributed by atoms with Crippen molar-refractivity contribution in [3.63, 3.8) is 0 Å². The molecule has 3 heteroatoms. The standard InChI is InChI=1S/C10H10BrClO/c11-10-4-3-9(7-12)8(6-10)2-1-5-13/h3-6H,1-2,7H2. The number of hydrogen-bond acceptors (Lipinski definition) is 1. The molecular weight excluding hydrogens is 251 g/mol. The van der Waals surface area contributed by atoms with E-state index in [4.69, 9.17) is 11.6 Å². The van der Waals surface area contributed by atoms with E-state index in [-0.39, 0.29) is 0 Å². The topological polar surface area (TPSA) is 17.1 Å². The van der Waals surface area contributed by atoms with Crippen LogP contribution in [-0.4, -0.2) is 6.29 Å². The monoisotopic (exact) mass is 260 g/mol. The number of hydrogen-bond donors (Lipinski definition) is 0. The Morgan fingerprint density at radius 1 is 1.38 bits per heavy atom. The van der Waals surface area contributed by atoms with Gasteiger partial charge in [-0.3, -0.25) is 0 Å². The van der Waals surface area contributed by atoms with Crippen LogP contribution in [0.15, 0.2) is 22.7 Å². The molecule has 0 unspecified atom stereocenters. The van der Waals surface area contributed by atoms with Crippen LogP contribution in [0.1, 0.15) is 17.5 Å². The van der Waals surface area contributed by atoms with Gasteiger partial charge in [-0.15, -0.1) is 11.6 Å². The van der Waals surface area contributed by atoms with E-state index in [1.165, 1.54) is 0 Å². The van der Waals surface area contributed by atoms with Crippen LogP contribution in [0.25, 0.3) is 0 Å². The highest BCUT2D eigenvalue weighted by Gasteiger charge is 2.01. The number of halogens is 2. The predicted molar refractivity (Wildman–Crippen MR) is 58.1 cm³/mol. The number of benzene rings is 1. The maximum Gasteiger partial charge on any atom is 0.120 e. The third kappa shape index (κ3) is 3.12. The van der Waals surface area contributed by atoms with Crippen LogP contribution in [0, 0.1) is 0 Å². The van der Waals surface area contributed by atoms with Crippen molar-refractivity contribution in [2.45, 2.75) is 18.7 Å². The molecule has 0 N–H and O–H groups in total. The van der Waals surface area contributed by atoms with Gasteiger partial charge < -0.3 is 4.79 Å². The molecule has 0 aliphatic rings. The van der Waals surface area contributed by atoms with E-state index in [9.17, 15) is 4.79 Å². The molecule has 0 amide bonds. The molecular formula is C10H10BrClO. The number of carbonyl (C=O) groups is 1. The van der Waals surface area contributed by atoms with Crippen LogP contribution in [0.5, 0.6) is 0 Å². The molecule has 0 fully saturated rings. The molecule has 1 nitrogen and oxygen atoms in total. The molecule has 0 atom stereocenters. The summed E-state index contributed by atoms with van der Waals surface area (Å²) in [4.78, 5) is 10.2. The van der Waals surface area contributed by atoms with Crippen molar-refractivity contribution >= 4 is 33.8 Å². The van der Waals surface area contributed by atoms with Gasteiger partial charge in [0.05, 0.1) is 0 Å². The van der Waals surface area contributed by atoms with Gasteiger partial charge in [-0.05, 0) is 29.7 Å². The van der Waals surface area contributed by atoms with Crippen LogP contribution in [0.2, 0.25) is 0 Å². The molecule has 1 rings (SSSR count). The highest BCUT2D eigenvalue weighted by atomic mass is 79.9. The highest BCUT2D eigenvalue weighted by Crippen LogP contribution is 2.19. The van der Waals surface area contributed by atoms with E-state index in [2.05, 4.69) is 15.9 Å². The Balaban J connectivity index is 2.87. The Bertz CT molecular complexity index is 299. The fraction of sp³-hybridized carbons (Fsp3) is 0.300. The molecule has 0 heterocycles. The van der Waals surface area contributed by atoms with Gasteiger partial charge >= 0.3 is 0 Å². The molecule has 0 saturated carbocycles. The summed E-state index contributed by atoms with van der Waals surface area (Å²) < 4.78 is 1.03. The van der Waals surface area contributed by atoms with E-state index in [0.717, 1.165) is 28.3 Å². The van der Waals surface area contributed by atoms with E-state index in [0.29, 0.717) is 12.3 Å². The maximum absolute atomic E-state index is 10.2. The number of aldehydes is 1. The van der Waals surface area contributed by atoms with Crippen LogP contribution >= 0.6 is 27.5 Å². The maximum atomic E-state index is 10.2. The highest BCUT2D eigenvalue weighted by molar-refractivity contribution is 9.10. The van der Waals surface area contributed by atoms with E-state index in [1.807, 2.05) is 18.2 Å². The summed E-state index contributed by atoms with van der Waals surface area (Å²) >= 11 is 9.15. The van der Waals surface area contributed by atoms with Gasteiger partial charge in [0.25, 0.3) is 0 Å². The Kier molecular flexibility index (Phi) is 4.46. The largest absolute Gasteiger partial charge is 0.303 e. The molecule has 70 valence electrons. The number of carbonyl (C=O) groups excluding carboxylic acids is 1. The predicted octanol–water partition coefficient (Wildman–Crippen LogP) is 3.32. The fourth-order valence-electron chi connectivity index (χ4n) is 1.17. The first-order valence-electron chi connectivity index (χ1n) is 4.05. The van der Waals surface area contributed by atoms with Gasteiger partial charge in [0.1, 0.15) is 6.29 Å². The van der Waals surface area contributed by atoms with E-state index < -0.39 is 0 Å². The quantitative estimate of drug-likeness (QED) is 0.600. The molecule has 1 aromatic rings. The SMILES string of the molecule is O=CCCc1cc(Br)ccc1CCl. The fourth-order valence-corrected chi connectivity index (χ4v) is 1.84. The summed E-state index contributed by atoms with van der Waals surface area (Å²) in [5.74, 6) is 0.501. The zero-order valence-corrected chi connectivity index (χ0v) is 9.44. The molecule has 0 aromatic heterocycles. The van der Waals surface area contributed by atoms with Crippen LogP contribution < -0.4 is 0 Å². The summed E-state index contributed by atoms with van der Waals surface area (Å²) in [5.41, 5.74) is 2.25. The minimum absolute atomic E-state index is 0.501. The van der Waals surface area contributed by atoms with Crippen molar-refractivity contribution < 1.29 is 4.79 Å². The van der Waals surface area contributed by atoms with Crippen LogP contribution in [0.3, 0.4) is 0 Å². The first kappa shape index (κ1) is 10.7. The molecule has 0 aliphatic carbocycles. The van der Waals surface area contributed by atoms with Gasteiger partial charge in [0, 0.05) is 16.8 Å². The lowest BCUT2D eigenvalue weighted by atomic mass is 10.0. The second-order valence-corrected chi connectivity index (χ2v) is 3.93. The van der Waals surface area contributed by atoms with Gasteiger partial charge in [-0.2, -0.15) is 0 Å². The molecule has 0 aliphatic heterocycles. The van der Waals surface area contributed by atoms with Gasteiger partial charge in [0.15, 0.2) is 0 Å². The van der Waals surface area contributed by atoms with Gasteiger partial charge in [0.2, 0.25) is 0 Å². The lowest BCUT2D eigenvalue weighted by Gasteiger charge is -2.05. The van der Waals surface area contributed by atoms with Gasteiger partial charge in [-0.25, -0.2) is 0 Å². The van der Waals surface area contributed by atoms with Crippen molar-refractivity contribution in [3.8, 4) is 0 Å². The zero-order chi connectivity index (χ0) is 9.68.